The summed E-state index contributed by atoms with van der Waals surface area (Å²) >= 11 is 0. The van der Waals surface area contributed by atoms with Crippen molar-refractivity contribution in [3.05, 3.63) is 22.8 Å². The molecule has 124 valence electrons. The van der Waals surface area contributed by atoms with Crippen LogP contribution in [-0.4, -0.2) is 40.4 Å². The van der Waals surface area contributed by atoms with Crippen molar-refractivity contribution in [1.82, 2.24) is 0 Å². The fraction of sp³-hybridized carbons (Fsp3) is 0.562. The lowest BCUT2D eigenvalue weighted by molar-refractivity contribution is 0.0406. The van der Waals surface area contributed by atoms with Crippen LogP contribution in [0.2, 0.25) is 0 Å². The molecule has 22 heavy (non-hydrogen) atoms. The minimum atomic E-state index is -0.418. The monoisotopic (exact) mass is 312 g/mol. The van der Waals surface area contributed by atoms with Crippen LogP contribution in [0.25, 0.3) is 0 Å². The Morgan fingerprint density at radius 1 is 1.09 bits per heavy atom. The van der Waals surface area contributed by atoms with Crippen LogP contribution >= 0.6 is 0 Å². The largest absolute Gasteiger partial charge is 0.467 e. The van der Waals surface area contributed by atoms with Crippen molar-refractivity contribution in [3.63, 3.8) is 0 Å². The molecule has 0 aliphatic heterocycles. The maximum atomic E-state index is 12.2. The smallest absolute Gasteiger partial charge is 0.342 e. The zero-order chi connectivity index (χ0) is 16.5. The van der Waals surface area contributed by atoms with Crippen molar-refractivity contribution >= 4 is 5.97 Å². The van der Waals surface area contributed by atoms with E-state index < -0.39 is 5.97 Å². The SMILES string of the molecule is CCOC(=O)c1c(C)cc(OCOC)c(CC)c1OCOC. The number of methoxy groups -OCH3 is 2. The molecule has 0 fully saturated rings. The molecule has 0 bridgehead atoms. The molecule has 0 aliphatic carbocycles. The topological polar surface area (TPSA) is 63.2 Å². The molecule has 0 atom stereocenters. The molecular formula is C16H24O6. The predicted molar refractivity (Wildman–Crippen MR) is 81.5 cm³/mol. The number of benzene rings is 1. The first-order valence-electron chi connectivity index (χ1n) is 7.17. The summed E-state index contributed by atoms with van der Waals surface area (Å²) in [6.45, 7) is 5.98. The van der Waals surface area contributed by atoms with Crippen molar-refractivity contribution in [2.45, 2.75) is 27.2 Å². The molecule has 0 saturated heterocycles. The van der Waals surface area contributed by atoms with E-state index >= 15 is 0 Å². The van der Waals surface area contributed by atoms with Gasteiger partial charge in [0, 0.05) is 19.8 Å². The molecule has 0 amide bonds. The average Bonchev–Trinajstić information content (AvgIpc) is 2.50. The molecule has 6 nitrogen and oxygen atoms in total. The Morgan fingerprint density at radius 3 is 2.27 bits per heavy atom. The van der Waals surface area contributed by atoms with Crippen molar-refractivity contribution < 1.29 is 28.5 Å². The van der Waals surface area contributed by atoms with Crippen LogP contribution in [0.15, 0.2) is 6.07 Å². The number of aryl methyl sites for hydroxylation is 1. The minimum Gasteiger partial charge on any atom is -0.467 e. The highest BCUT2D eigenvalue weighted by molar-refractivity contribution is 5.95. The quantitative estimate of drug-likeness (QED) is 0.516. The number of hydrogen-bond donors (Lipinski definition) is 0. The first kappa shape index (κ1) is 18.3. The van der Waals surface area contributed by atoms with Crippen LogP contribution < -0.4 is 9.47 Å². The Balaban J connectivity index is 3.37. The van der Waals surface area contributed by atoms with Crippen LogP contribution in [0.3, 0.4) is 0 Å². The summed E-state index contributed by atoms with van der Waals surface area (Å²) < 4.78 is 26.2. The Kier molecular flexibility index (Phi) is 7.70. The second-order valence-electron chi connectivity index (χ2n) is 4.55. The third-order valence-electron chi connectivity index (χ3n) is 3.03. The number of carbonyl (C=O) groups excluding carboxylic acids is 1. The average molecular weight is 312 g/mol. The normalized spacial score (nSPS) is 10.4. The van der Waals surface area contributed by atoms with Gasteiger partial charge in [-0.3, -0.25) is 0 Å². The lowest BCUT2D eigenvalue weighted by Crippen LogP contribution is -2.14. The number of carbonyl (C=O) groups is 1. The molecule has 1 aromatic carbocycles. The Labute approximate surface area is 131 Å². The Morgan fingerprint density at radius 2 is 1.73 bits per heavy atom. The zero-order valence-corrected chi connectivity index (χ0v) is 13.9. The highest BCUT2D eigenvalue weighted by Gasteiger charge is 2.23. The van der Waals surface area contributed by atoms with E-state index in [1.807, 2.05) is 13.8 Å². The van der Waals surface area contributed by atoms with Gasteiger partial charge in [-0.05, 0) is 31.9 Å². The van der Waals surface area contributed by atoms with E-state index in [0.717, 1.165) is 5.56 Å². The second kappa shape index (κ2) is 9.27. The third kappa shape index (κ3) is 4.35. The molecule has 1 aromatic rings. The highest BCUT2D eigenvalue weighted by Crippen LogP contribution is 2.36. The number of esters is 1. The predicted octanol–water partition coefficient (Wildman–Crippen LogP) is 2.70. The highest BCUT2D eigenvalue weighted by atomic mass is 16.7. The van der Waals surface area contributed by atoms with E-state index in [1.54, 1.807) is 20.1 Å². The molecule has 0 heterocycles. The minimum absolute atomic E-state index is 0.0343. The molecule has 0 spiro atoms. The molecule has 0 N–H and O–H groups in total. The third-order valence-corrected chi connectivity index (χ3v) is 3.03. The van der Waals surface area contributed by atoms with E-state index in [1.165, 1.54) is 7.11 Å². The number of ether oxygens (including phenoxy) is 5. The summed E-state index contributed by atoms with van der Waals surface area (Å²) in [5.41, 5.74) is 1.90. The molecule has 0 unspecified atom stereocenters. The maximum absolute atomic E-state index is 12.2. The summed E-state index contributed by atoms with van der Waals surface area (Å²) in [5, 5.41) is 0. The fourth-order valence-electron chi connectivity index (χ4n) is 2.12. The van der Waals surface area contributed by atoms with Crippen LogP contribution in [0.5, 0.6) is 11.5 Å². The van der Waals surface area contributed by atoms with Gasteiger partial charge in [0.05, 0.1) is 6.61 Å². The first-order chi connectivity index (χ1) is 10.6. The summed E-state index contributed by atoms with van der Waals surface area (Å²) in [7, 11) is 3.07. The van der Waals surface area contributed by atoms with Gasteiger partial charge < -0.3 is 23.7 Å². The standard InChI is InChI=1S/C16H24O6/c1-6-12-13(21-9-18-4)8-11(3)14(16(17)20-7-2)15(12)22-10-19-5/h8H,6-7,9-10H2,1-5H3. The van der Waals surface area contributed by atoms with Crippen molar-refractivity contribution in [3.8, 4) is 11.5 Å². The lowest BCUT2D eigenvalue weighted by atomic mass is 10.00. The molecule has 0 saturated carbocycles. The summed E-state index contributed by atoms with van der Waals surface area (Å²) in [6, 6.07) is 1.80. The summed E-state index contributed by atoms with van der Waals surface area (Å²) in [5.74, 6) is 0.647. The first-order valence-corrected chi connectivity index (χ1v) is 7.17. The molecular weight excluding hydrogens is 288 g/mol. The van der Waals surface area contributed by atoms with E-state index in [9.17, 15) is 4.79 Å². The van der Waals surface area contributed by atoms with Gasteiger partial charge in [0.1, 0.15) is 17.1 Å². The summed E-state index contributed by atoms with van der Waals surface area (Å²) in [4.78, 5) is 12.2. The van der Waals surface area contributed by atoms with Gasteiger partial charge in [-0.15, -0.1) is 0 Å². The van der Waals surface area contributed by atoms with E-state index in [0.29, 0.717) is 35.7 Å². The van der Waals surface area contributed by atoms with Crippen molar-refractivity contribution in [2.75, 3.05) is 34.4 Å². The molecule has 1 rings (SSSR count). The van der Waals surface area contributed by atoms with Gasteiger partial charge in [0.15, 0.2) is 13.6 Å². The number of rotatable bonds is 9. The van der Waals surface area contributed by atoms with E-state index in [2.05, 4.69) is 0 Å². The van der Waals surface area contributed by atoms with Gasteiger partial charge in [-0.25, -0.2) is 4.79 Å². The van der Waals surface area contributed by atoms with E-state index in [4.69, 9.17) is 23.7 Å². The molecule has 0 aromatic heterocycles. The molecule has 0 aliphatic rings. The summed E-state index contributed by atoms with van der Waals surface area (Å²) in [6.07, 6.45) is 0.630. The van der Waals surface area contributed by atoms with Gasteiger partial charge >= 0.3 is 5.97 Å². The van der Waals surface area contributed by atoms with Crippen molar-refractivity contribution in [1.29, 1.82) is 0 Å². The van der Waals surface area contributed by atoms with Gasteiger partial charge in [0.2, 0.25) is 0 Å². The van der Waals surface area contributed by atoms with Gasteiger partial charge in [-0.1, -0.05) is 6.92 Å². The Hall–Kier alpha value is -1.79. The van der Waals surface area contributed by atoms with Gasteiger partial charge in [-0.2, -0.15) is 0 Å². The van der Waals surface area contributed by atoms with Crippen LogP contribution in [0, 0.1) is 6.92 Å². The second-order valence-corrected chi connectivity index (χ2v) is 4.55. The molecule has 0 radical (unpaired) electrons. The van der Waals surface area contributed by atoms with Crippen LogP contribution in [0.4, 0.5) is 0 Å². The zero-order valence-electron chi connectivity index (χ0n) is 13.9. The Bertz CT molecular complexity index is 498. The van der Waals surface area contributed by atoms with Gasteiger partial charge in [0.25, 0.3) is 0 Å². The van der Waals surface area contributed by atoms with Crippen LogP contribution in [0.1, 0.15) is 35.3 Å². The van der Waals surface area contributed by atoms with Crippen LogP contribution in [-0.2, 0) is 20.6 Å². The number of hydrogen-bond acceptors (Lipinski definition) is 6. The maximum Gasteiger partial charge on any atom is 0.342 e. The van der Waals surface area contributed by atoms with Crippen molar-refractivity contribution in [2.24, 2.45) is 0 Å². The lowest BCUT2D eigenvalue weighted by Gasteiger charge is -2.19. The fourth-order valence-corrected chi connectivity index (χ4v) is 2.12. The molecule has 6 heteroatoms. The van der Waals surface area contributed by atoms with E-state index in [-0.39, 0.29) is 13.6 Å².